The molecular weight excluding hydrogens is 250 g/mol. The van der Waals surface area contributed by atoms with Crippen molar-refractivity contribution >= 4 is 11.6 Å². The zero-order chi connectivity index (χ0) is 13.7. The summed E-state index contributed by atoms with van der Waals surface area (Å²) in [6.45, 7) is 2.79. The van der Waals surface area contributed by atoms with Crippen LogP contribution in [-0.2, 0) is 4.79 Å². The Kier molecular flexibility index (Phi) is 4.30. The van der Waals surface area contributed by atoms with Crippen molar-refractivity contribution in [1.82, 2.24) is 10.2 Å². The number of amides is 1. The molecule has 0 spiro atoms. The normalized spacial score (nSPS) is 15.1. The predicted octanol–water partition coefficient (Wildman–Crippen LogP) is 0.405. The molecule has 7 nitrogen and oxygen atoms in total. The highest BCUT2D eigenvalue weighted by molar-refractivity contribution is 5.77. The highest BCUT2D eigenvalue weighted by Gasteiger charge is 2.16. The summed E-state index contributed by atoms with van der Waals surface area (Å²) >= 11 is 0. The van der Waals surface area contributed by atoms with Crippen LogP contribution in [-0.4, -0.2) is 48.5 Å². The first-order valence-electron chi connectivity index (χ1n) is 6.02. The minimum Gasteiger partial charge on any atom is -0.484 e. The summed E-state index contributed by atoms with van der Waals surface area (Å²) in [6, 6.07) is 5.82. The molecule has 0 aromatic heterocycles. The molecule has 1 amide bonds. The highest BCUT2D eigenvalue weighted by atomic mass is 16.6. The van der Waals surface area contributed by atoms with Gasteiger partial charge in [-0.25, -0.2) is 0 Å². The first-order valence-corrected chi connectivity index (χ1v) is 6.02. The fourth-order valence-corrected chi connectivity index (χ4v) is 1.84. The van der Waals surface area contributed by atoms with Gasteiger partial charge in [-0.3, -0.25) is 14.9 Å². The topological polar surface area (TPSA) is 84.7 Å². The van der Waals surface area contributed by atoms with Gasteiger partial charge in [0.1, 0.15) is 5.75 Å². The predicted molar refractivity (Wildman–Crippen MR) is 68.0 cm³/mol. The molecule has 1 N–H and O–H groups in total. The Morgan fingerprint density at radius 1 is 1.42 bits per heavy atom. The second-order valence-corrected chi connectivity index (χ2v) is 4.17. The lowest BCUT2D eigenvalue weighted by Gasteiger charge is -2.27. The second kappa shape index (κ2) is 6.14. The van der Waals surface area contributed by atoms with E-state index in [0.29, 0.717) is 18.8 Å². The van der Waals surface area contributed by atoms with Gasteiger partial charge >= 0.3 is 0 Å². The molecule has 7 heteroatoms. The number of nitrogens with zero attached hydrogens (tertiary/aromatic N) is 2. The van der Waals surface area contributed by atoms with Crippen molar-refractivity contribution in [3.05, 3.63) is 34.4 Å². The van der Waals surface area contributed by atoms with Crippen LogP contribution >= 0.6 is 0 Å². The monoisotopic (exact) mass is 265 g/mol. The van der Waals surface area contributed by atoms with Crippen LogP contribution in [0.5, 0.6) is 5.75 Å². The summed E-state index contributed by atoms with van der Waals surface area (Å²) in [5, 5.41) is 13.8. The molecule has 102 valence electrons. The number of benzene rings is 1. The standard InChI is InChI=1S/C12H15N3O4/c16-12(14-6-4-13-5-7-14)9-19-11-3-1-2-10(8-11)15(17)18/h1-3,8,13H,4-7,9H2. The number of ether oxygens (including phenoxy) is 1. The van der Waals surface area contributed by atoms with Crippen molar-refractivity contribution in [2.45, 2.75) is 0 Å². The van der Waals surface area contributed by atoms with Gasteiger partial charge in [0.05, 0.1) is 11.0 Å². The van der Waals surface area contributed by atoms with Gasteiger partial charge in [0.2, 0.25) is 0 Å². The van der Waals surface area contributed by atoms with E-state index in [-0.39, 0.29) is 18.2 Å². The molecule has 0 aliphatic carbocycles. The molecular formula is C12H15N3O4. The van der Waals surface area contributed by atoms with Gasteiger partial charge in [0.15, 0.2) is 6.61 Å². The first-order chi connectivity index (χ1) is 9.16. The molecule has 1 aromatic carbocycles. The third-order valence-electron chi connectivity index (χ3n) is 2.86. The smallest absolute Gasteiger partial charge is 0.273 e. The van der Waals surface area contributed by atoms with Crippen LogP contribution in [0.25, 0.3) is 0 Å². The van der Waals surface area contributed by atoms with E-state index in [4.69, 9.17) is 4.74 Å². The number of rotatable bonds is 4. The van der Waals surface area contributed by atoms with Crippen molar-refractivity contribution in [2.24, 2.45) is 0 Å². The molecule has 0 atom stereocenters. The Morgan fingerprint density at radius 2 is 2.16 bits per heavy atom. The molecule has 0 bridgehead atoms. The summed E-state index contributed by atoms with van der Waals surface area (Å²) in [4.78, 5) is 23.7. The van der Waals surface area contributed by atoms with Gasteiger partial charge < -0.3 is 15.0 Å². The molecule has 1 aliphatic rings. The fraction of sp³-hybridized carbons (Fsp3) is 0.417. The van der Waals surface area contributed by atoms with Crippen LogP contribution in [0.2, 0.25) is 0 Å². The third-order valence-corrected chi connectivity index (χ3v) is 2.86. The zero-order valence-corrected chi connectivity index (χ0v) is 10.4. The third kappa shape index (κ3) is 3.65. The number of carbonyl (C=O) groups is 1. The molecule has 1 aliphatic heterocycles. The maximum Gasteiger partial charge on any atom is 0.273 e. The van der Waals surface area contributed by atoms with Gasteiger partial charge in [0, 0.05) is 32.2 Å². The van der Waals surface area contributed by atoms with Crippen LogP contribution in [0.1, 0.15) is 0 Å². The van der Waals surface area contributed by atoms with Crippen molar-refractivity contribution in [3.8, 4) is 5.75 Å². The van der Waals surface area contributed by atoms with Crippen LogP contribution in [0, 0.1) is 10.1 Å². The van der Waals surface area contributed by atoms with Gasteiger partial charge in [-0.05, 0) is 6.07 Å². The molecule has 19 heavy (non-hydrogen) atoms. The van der Waals surface area contributed by atoms with Crippen molar-refractivity contribution in [3.63, 3.8) is 0 Å². The number of nitrogens with one attached hydrogen (secondary N) is 1. The van der Waals surface area contributed by atoms with Gasteiger partial charge in [-0.1, -0.05) is 6.07 Å². The summed E-state index contributed by atoms with van der Waals surface area (Å²) in [5.74, 6) is 0.227. The Morgan fingerprint density at radius 3 is 2.84 bits per heavy atom. The van der Waals surface area contributed by atoms with E-state index in [1.165, 1.54) is 18.2 Å². The number of nitro benzene ring substituents is 1. The quantitative estimate of drug-likeness (QED) is 0.629. The highest BCUT2D eigenvalue weighted by Crippen LogP contribution is 2.19. The van der Waals surface area contributed by atoms with Crippen LogP contribution in [0.4, 0.5) is 5.69 Å². The maximum absolute atomic E-state index is 11.8. The van der Waals surface area contributed by atoms with Crippen molar-refractivity contribution < 1.29 is 14.5 Å². The average Bonchev–Trinajstić information content (AvgIpc) is 2.46. The Balaban J connectivity index is 1.89. The van der Waals surface area contributed by atoms with E-state index in [2.05, 4.69) is 5.32 Å². The second-order valence-electron chi connectivity index (χ2n) is 4.17. The van der Waals surface area contributed by atoms with Crippen molar-refractivity contribution in [2.75, 3.05) is 32.8 Å². The number of carbonyl (C=O) groups excluding carboxylic acids is 1. The minimum atomic E-state index is -0.495. The van der Waals surface area contributed by atoms with Gasteiger partial charge in [-0.2, -0.15) is 0 Å². The lowest BCUT2D eigenvalue weighted by atomic mass is 10.3. The Bertz CT molecular complexity index is 472. The number of nitro groups is 1. The van der Waals surface area contributed by atoms with E-state index >= 15 is 0 Å². The van der Waals surface area contributed by atoms with Gasteiger partial charge in [-0.15, -0.1) is 0 Å². The first kappa shape index (κ1) is 13.3. The summed E-state index contributed by atoms with van der Waals surface area (Å²) in [7, 11) is 0. The van der Waals surface area contributed by atoms with E-state index in [1.54, 1.807) is 11.0 Å². The largest absolute Gasteiger partial charge is 0.484 e. The van der Waals surface area contributed by atoms with E-state index < -0.39 is 4.92 Å². The summed E-state index contributed by atoms with van der Waals surface area (Å²) in [5.41, 5.74) is -0.0490. The van der Waals surface area contributed by atoms with Gasteiger partial charge in [0.25, 0.3) is 11.6 Å². The minimum absolute atomic E-state index is 0.0490. The Hall–Kier alpha value is -2.15. The molecule has 1 heterocycles. The summed E-state index contributed by atoms with van der Waals surface area (Å²) in [6.07, 6.45) is 0. The molecule has 0 saturated carbocycles. The lowest BCUT2D eigenvalue weighted by Crippen LogP contribution is -2.47. The molecule has 2 rings (SSSR count). The number of hydrogen-bond acceptors (Lipinski definition) is 5. The SMILES string of the molecule is O=C(COc1cccc([N+](=O)[O-])c1)N1CCNCC1. The number of hydrogen-bond donors (Lipinski definition) is 1. The van der Waals surface area contributed by atoms with Crippen LogP contribution < -0.4 is 10.1 Å². The number of non-ortho nitro benzene ring substituents is 1. The van der Waals surface area contributed by atoms with E-state index in [9.17, 15) is 14.9 Å². The average molecular weight is 265 g/mol. The number of piperazine rings is 1. The maximum atomic E-state index is 11.8. The molecule has 0 unspecified atom stereocenters. The molecule has 1 saturated heterocycles. The fourth-order valence-electron chi connectivity index (χ4n) is 1.84. The van der Waals surface area contributed by atoms with E-state index in [1.807, 2.05) is 0 Å². The van der Waals surface area contributed by atoms with Crippen molar-refractivity contribution in [1.29, 1.82) is 0 Å². The van der Waals surface area contributed by atoms with Crippen LogP contribution in [0.15, 0.2) is 24.3 Å². The lowest BCUT2D eigenvalue weighted by molar-refractivity contribution is -0.384. The Labute approximate surface area is 110 Å². The molecule has 0 radical (unpaired) electrons. The molecule has 1 fully saturated rings. The summed E-state index contributed by atoms with van der Waals surface area (Å²) < 4.78 is 5.30. The van der Waals surface area contributed by atoms with Crippen LogP contribution in [0.3, 0.4) is 0 Å². The molecule has 1 aromatic rings. The zero-order valence-electron chi connectivity index (χ0n) is 10.4. The van der Waals surface area contributed by atoms with E-state index in [0.717, 1.165) is 13.1 Å².